The monoisotopic (exact) mass is 453 g/mol. The summed E-state index contributed by atoms with van der Waals surface area (Å²) in [6, 6.07) is 3.05. The van der Waals surface area contributed by atoms with Gasteiger partial charge in [-0.3, -0.25) is 10.1 Å². The Kier molecular flexibility index (Phi) is 3.71. The summed E-state index contributed by atoms with van der Waals surface area (Å²) < 4.78 is 2.65. The first kappa shape index (κ1) is 10.6. The molecule has 0 radical (unpaired) electrons. The Morgan fingerprint density at radius 2 is 2.00 bits per heavy atom. The maximum Gasteiger partial charge on any atom is 0.271 e. The fraction of sp³-hybridized carbons (Fsp3) is 0. The van der Waals surface area contributed by atoms with Crippen molar-refractivity contribution < 1.29 is 4.92 Å². The molecule has 12 heavy (non-hydrogen) atoms. The molecule has 0 saturated carbocycles. The van der Waals surface area contributed by atoms with Gasteiger partial charge in [0.15, 0.2) is 0 Å². The molecule has 0 aliphatic rings. The molecule has 0 N–H and O–H groups in total. The van der Waals surface area contributed by atoms with E-state index in [0.717, 1.165) is 11.6 Å². The van der Waals surface area contributed by atoms with E-state index in [1.807, 2.05) is 0 Å². The number of non-ortho nitro benzene ring substituents is 1. The van der Waals surface area contributed by atoms with Crippen molar-refractivity contribution in [2.24, 2.45) is 0 Å². The van der Waals surface area contributed by atoms with Crippen LogP contribution >= 0.6 is 61.1 Å². The van der Waals surface area contributed by atoms with E-state index in [4.69, 9.17) is 0 Å². The smallest absolute Gasteiger partial charge is 0.258 e. The van der Waals surface area contributed by atoms with Crippen molar-refractivity contribution in [1.29, 1.82) is 0 Å². The first-order chi connectivity index (χ1) is 5.52. The molecular formula is C6H2BrI2NO2. The summed E-state index contributed by atoms with van der Waals surface area (Å²) >= 11 is 7.45. The van der Waals surface area contributed by atoms with Crippen LogP contribution in [0.4, 0.5) is 5.69 Å². The molecule has 0 aromatic heterocycles. The van der Waals surface area contributed by atoms with Crippen LogP contribution in [0.25, 0.3) is 0 Å². The lowest BCUT2D eigenvalue weighted by Crippen LogP contribution is -1.90. The molecule has 0 amide bonds. The first-order valence-corrected chi connectivity index (χ1v) is 5.76. The van der Waals surface area contributed by atoms with E-state index in [2.05, 4.69) is 61.1 Å². The predicted octanol–water partition coefficient (Wildman–Crippen LogP) is 3.57. The molecule has 0 atom stereocenters. The molecule has 0 saturated heterocycles. The van der Waals surface area contributed by atoms with Crippen molar-refractivity contribution in [3.05, 3.63) is 33.9 Å². The second kappa shape index (κ2) is 4.18. The largest absolute Gasteiger partial charge is 0.271 e. The highest BCUT2D eigenvalue weighted by molar-refractivity contribution is 14.1. The molecule has 0 unspecified atom stereocenters. The highest BCUT2D eigenvalue weighted by atomic mass is 127. The van der Waals surface area contributed by atoms with Crippen molar-refractivity contribution in [2.75, 3.05) is 0 Å². The zero-order chi connectivity index (χ0) is 9.30. The molecule has 6 heteroatoms. The molecule has 1 aromatic carbocycles. The summed E-state index contributed by atoms with van der Waals surface area (Å²) in [5, 5.41) is 10.4. The number of hydrogen-bond acceptors (Lipinski definition) is 2. The van der Waals surface area contributed by atoms with Crippen molar-refractivity contribution in [3.63, 3.8) is 0 Å². The lowest BCUT2D eigenvalue weighted by Gasteiger charge is -1.98. The van der Waals surface area contributed by atoms with Gasteiger partial charge in [-0.1, -0.05) is 0 Å². The highest BCUT2D eigenvalue weighted by Gasteiger charge is 2.11. The second-order valence-electron chi connectivity index (χ2n) is 1.98. The van der Waals surface area contributed by atoms with Gasteiger partial charge >= 0.3 is 0 Å². The number of rotatable bonds is 1. The zero-order valence-corrected chi connectivity index (χ0v) is 11.5. The SMILES string of the molecule is O=[N+]([O-])c1cc(Br)c(I)c(I)c1. The summed E-state index contributed by atoms with van der Waals surface area (Å²) in [4.78, 5) is 10.00. The number of nitro groups is 1. The maximum atomic E-state index is 10.4. The van der Waals surface area contributed by atoms with E-state index in [0.29, 0.717) is 0 Å². The van der Waals surface area contributed by atoms with Crippen molar-refractivity contribution in [1.82, 2.24) is 0 Å². The molecule has 1 aromatic rings. The molecule has 3 nitrogen and oxygen atoms in total. The topological polar surface area (TPSA) is 43.1 Å². The molecule has 64 valence electrons. The molecule has 0 bridgehead atoms. The number of benzene rings is 1. The fourth-order valence-electron chi connectivity index (χ4n) is 0.648. The molecule has 0 spiro atoms. The molecule has 0 aliphatic carbocycles. The maximum absolute atomic E-state index is 10.4. The summed E-state index contributed by atoms with van der Waals surface area (Å²) in [5.41, 5.74) is 0.117. The van der Waals surface area contributed by atoms with Gasteiger partial charge in [0.05, 0.1) is 4.92 Å². The predicted molar refractivity (Wildman–Crippen MR) is 66.2 cm³/mol. The quantitative estimate of drug-likeness (QED) is 0.282. The summed E-state index contributed by atoms with van der Waals surface area (Å²) in [6.07, 6.45) is 0. The van der Waals surface area contributed by atoms with Crippen LogP contribution in [-0.4, -0.2) is 4.92 Å². The average molecular weight is 454 g/mol. The normalized spacial score (nSPS) is 9.92. The minimum Gasteiger partial charge on any atom is -0.258 e. The molecule has 0 aliphatic heterocycles. The van der Waals surface area contributed by atoms with Gasteiger partial charge in [0.2, 0.25) is 0 Å². The molecular weight excluding hydrogens is 452 g/mol. The van der Waals surface area contributed by atoms with Crippen LogP contribution in [0.3, 0.4) is 0 Å². The van der Waals surface area contributed by atoms with Gasteiger partial charge in [-0.25, -0.2) is 0 Å². The van der Waals surface area contributed by atoms with Gasteiger partial charge in [-0.15, -0.1) is 0 Å². The molecule has 1 rings (SSSR count). The third-order valence-corrected chi connectivity index (χ3v) is 5.59. The van der Waals surface area contributed by atoms with Gasteiger partial charge in [0.25, 0.3) is 5.69 Å². The highest BCUT2D eigenvalue weighted by Crippen LogP contribution is 2.28. The van der Waals surface area contributed by atoms with E-state index >= 15 is 0 Å². The van der Waals surface area contributed by atoms with Gasteiger partial charge in [0, 0.05) is 23.7 Å². The standard InChI is InChI=1S/C6H2BrI2NO2/c7-4-1-3(10(11)12)2-5(8)6(4)9/h1-2H. The zero-order valence-electron chi connectivity index (χ0n) is 5.55. The fourth-order valence-corrected chi connectivity index (χ4v) is 2.39. The summed E-state index contributed by atoms with van der Waals surface area (Å²) in [7, 11) is 0. The van der Waals surface area contributed by atoms with Crippen LogP contribution < -0.4 is 0 Å². The molecule has 0 heterocycles. The van der Waals surface area contributed by atoms with Crippen molar-refractivity contribution in [3.8, 4) is 0 Å². The Hall–Kier alpha value is 0.560. The van der Waals surface area contributed by atoms with E-state index in [1.54, 1.807) is 6.07 Å². The number of hydrogen-bond donors (Lipinski definition) is 0. The average Bonchev–Trinajstić information content (AvgIpc) is 1.99. The second-order valence-corrected chi connectivity index (χ2v) is 5.08. The Bertz CT molecular complexity index is 319. The third kappa shape index (κ3) is 2.28. The van der Waals surface area contributed by atoms with Gasteiger partial charge in [-0.05, 0) is 61.1 Å². The van der Waals surface area contributed by atoms with Gasteiger partial charge in [0.1, 0.15) is 0 Å². The van der Waals surface area contributed by atoms with Crippen LogP contribution in [0, 0.1) is 17.3 Å². The minimum absolute atomic E-state index is 0.117. The van der Waals surface area contributed by atoms with Crippen molar-refractivity contribution in [2.45, 2.75) is 0 Å². The van der Waals surface area contributed by atoms with E-state index in [9.17, 15) is 10.1 Å². The molecule has 0 fully saturated rings. The van der Waals surface area contributed by atoms with Crippen LogP contribution in [0.5, 0.6) is 0 Å². The third-order valence-electron chi connectivity index (χ3n) is 1.18. The van der Waals surface area contributed by atoms with Gasteiger partial charge in [-0.2, -0.15) is 0 Å². The van der Waals surface area contributed by atoms with Gasteiger partial charge < -0.3 is 0 Å². The number of nitro benzene ring substituents is 1. The van der Waals surface area contributed by atoms with E-state index in [1.165, 1.54) is 6.07 Å². The summed E-state index contributed by atoms with van der Waals surface area (Å²) in [5.74, 6) is 0. The van der Waals surface area contributed by atoms with Crippen LogP contribution in [0.1, 0.15) is 0 Å². The Morgan fingerprint density at radius 1 is 1.42 bits per heavy atom. The lowest BCUT2D eigenvalue weighted by molar-refractivity contribution is -0.385. The summed E-state index contributed by atoms with van der Waals surface area (Å²) in [6.45, 7) is 0. The Labute approximate surface area is 104 Å². The van der Waals surface area contributed by atoms with E-state index < -0.39 is 4.92 Å². The Balaban J connectivity index is 3.31. The van der Waals surface area contributed by atoms with Crippen LogP contribution in [0.15, 0.2) is 16.6 Å². The van der Waals surface area contributed by atoms with E-state index in [-0.39, 0.29) is 5.69 Å². The number of nitrogens with zero attached hydrogens (tertiary/aromatic N) is 1. The van der Waals surface area contributed by atoms with Crippen molar-refractivity contribution >= 4 is 66.8 Å². The first-order valence-electron chi connectivity index (χ1n) is 2.81. The Morgan fingerprint density at radius 3 is 2.42 bits per heavy atom. The lowest BCUT2D eigenvalue weighted by atomic mass is 10.3. The van der Waals surface area contributed by atoms with Crippen LogP contribution in [0.2, 0.25) is 0 Å². The minimum atomic E-state index is -0.400. The van der Waals surface area contributed by atoms with Crippen LogP contribution in [-0.2, 0) is 0 Å². The number of halogens is 3.